The minimum Gasteiger partial charge on any atom is -0.380 e. The summed E-state index contributed by atoms with van der Waals surface area (Å²) < 4.78 is 13.7. The van der Waals surface area contributed by atoms with Gasteiger partial charge in [0.2, 0.25) is 5.91 Å². The zero-order chi connectivity index (χ0) is 14.5. The molecule has 0 atom stereocenters. The fourth-order valence-electron chi connectivity index (χ4n) is 1.74. The molecule has 0 saturated heterocycles. The molecule has 0 aliphatic rings. The zero-order valence-electron chi connectivity index (χ0n) is 10.9. The summed E-state index contributed by atoms with van der Waals surface area (Å²) in [4.78, 5) is 10.9. The lowest BCUT2D eigenvalue weighted by molar-refractivity contribution is -0.114. The average Bonchev–Trinajstić information content (AvgIpc) is 2.39. The largest absolute Gasteiger partial charge is 0.380 e. The van der Waals surface area contributed by atoms with E-state index < -0.39 is 0 Å². The van der Waals surface area contributed by atoms with E-state index in [1.807, 2.05) is 24.3 Å². The van der Waals surface area contributed by atoms with Gasteiger partial charge in [0.1, 0.15) is 5.82 Å². The molecule has 0 aliphatic carbocycles. The van der Waals surface area contributed by atoms with Crippen molar-refractivity contribution in [3.05, 3.63) is 58.3 Å². The Morgan fingerprint density at radius 3 is 2.50 bits per heavy atom. The molecule has 0 heterocycles. The van der Waals surface area contributed by atoms with Crippen molar-refractivity contribution in [3.8, 4) is 0 Å². The third kappa shape index (κ3) is 4.06. The van der Waals surface area contributed by atoms with Crippen molar-refractivity contribution < 1.29 is 9.18 Å². The van der Waals surface area contributed by atoms with Gasteiger partial charge in [-0.2, -0.15) is 0 Å². The molecule has 2 aromatic carbocycles. The van der Waals surface area contributed by atoms with Gasteiger partial charge in [-0.25, -0.2) is 4.39 Å². The highest BCUT2D eigenvalue weighted by atomic mass is 79.9. The maximum atomic E-state index is 13.0. The van der Waals surface area contributed by atoms with Gasteiger partial charge in [-0.1, -0.05) is 12.1 Å². The summed E-state index contributed by atoms with van der Waals surface area (Å²) in [6.07, 6.45) is 0. The van der Waals surface area contributed by atoms with Crippen molar-refractivity contribution in [2.45, 2.75) is 13.5 Å². The van der Waals surface area contributed by atoms with Gasteiger partial charge < -0.3 is 10.6 Å². The molecule has 20 heavy (non-hydrogen) atoms. The van der Waals surface area contributed by atoms with E-state index in [-0.39, 0.29) is 11.7 Å². The molecule has 2 aromatic rings. The van der Waals surface area contributed by atoms with Gasteiger partial charge in [0.15, 0.2) is 0 Å². The first-order valence-corrected chi connectivity index (χ1v) is 6.89. The van der Waals surface area contributed by atoms with E-state index in [4.69, 9.17) is 0 Å². The van der Waals surface area contributed by atoms with E-state index in [9.17, 15) is 9.18 Å². The lowest BCUT2D eigenvalue weighted by Crippen LogP contribution is -2.06. The van der Waals surface area contributed by atoms with Crippen LogP contribution in [0.2, 0.25) is 0 Å². The predicted octanol–water partition coefficient (Wildman–Crippen LogP) is 4.16. The molecule has 0 aliphatic heterocycles. The summed E-state index contributed by atoms with van der Waals surface area (Å²) in [5.41, 5.74) is 2.66. The molecule has 3 nitrogen and oxygen atoms in total. The average molecular weight is 337 g/mol. The van der Waals surface area contributed by atoms with E-state index in [1.54, 1.807) is 6.07 Å². The molecule has 0 spiro atoms. The van der Waals surface area contributed by atoms with Crippen molar-refractivity contribution in [3.63, 3.8) is 0 Å². The van der Waals surface area contributed by atoms with Crippen LogP contribution in [0.1, 0.15) is 12.5 Å². The highest BCUT2D eigenvalue weighted by molar-refractivity contribution is 9.10. The first-order chi connectivity index (χ1) is 9.54. The monoisotopic (exact) mass is 336 g/mol. The molecule has 104 valence electrons. The second-order valence-corrected chi connectivity index (χ2v) is 5.21. The van der Waals surface area contributed by atoms with Gasteiger partial charge in [0.05, 0.1) is 0 Å². The van der Waals surface area contributed by atoms with Crippen LogP contribution in [-0.2, 0) is 11.3 Å². The summed E-state index contributed by atoms with van der Waals surface area (Å²) in [7, 11) is 0. The minimum absolute atomic E-state index is 0.0916. The van der Waals surface area contributed by atoms with Gasteiger partial charge in [-0.3, -0.25) is 4.79 Å². The lowest BCUT2D eigenvalue weighted by atomic mass is 10.2. The first-order valence-electron chi connectivity index (χ1n) is 6.10. The summed E-state index contributed by atoms with van der Waals surface area (Å²) in [5, 5.41) is 5.93. The number of anilines is 2. The van der Waals surface area contributed by atoms with Crippen LogP contribution in [0, 0.1) is 5.82 Å². The number of amides is 1. The van der Waals surface area contributed by atoms with Crippen molar-refractivity contribution in [1.29, 1.82) is 0 Å². The molecule has 2 N–H and O–H groups in total. The smallest absolute Gasteiger partial charge is 0.221 e. The molecular formula is C15H14BrFN2O. The Labute approximate surface area is 125 Å². The van der Waals surface area contributed by atoms with Crippen molar-refractivity contribution in [2.75, 3.05) is 10.6 Å². The normalized spacial score (nSPS) is 10.2. The fourth-order valence-corrected chi connectivity index (χ4v) is 2.23. The summed E-state index contributed by atoms with van der Waals surface area (Å²) in [6.45, 7) is 2.09. The molecule has 0 saturated carbocycles. The van der Waals surface area contributed by atoms with Crippen LogP contribution in [0.15, 0.2) is 46.9 Å². The van der Waals surface area contributed by atoms with E-state index in [2.05, 4.69) is 26.6 Å². The quantitative estimate of drug-likeness (QED) is 0.880. The lowest BCUT2D eigenvalue weighted by Gasteiger charge is -2.09. The maximum absolute atomic E-state index is 13.0. The van der Waals surface area contributed by atoms with E-state index in [0.717, 1.165) is 16.9 Å². The van der Waals surface area contributed by atoms with Gasteiger partial charge >= 0.3 is 0 Å². The second kappa shape index (κ2) is 6.52. The molecule has 5 heteroatoms. The molecule has 1 amide bonds. The molecular weight excluding hydrogens is 323 g/mol. The van der Waals surface area contributed by atoms with E-state index in [0.29, 0.717) is 11.0 Å². The number of carbonyl (C=O) groups is 1. The number of nitrogens with one attached hydrogen (secondary N) is 2. The predicted molar refractivity (Wildman–Crippen MR) is 82.2 cm³/mol. The molecule has 2 rings (SSSR count). The van der Waals surface area contributed by atoms with Gasteiger partial charge in [0, 0.05) is 29.3 Å². The number of benzene rings is 2. The Kier molecular flexibility index (Phi) is 4.74. The number of rotatable bonds is 4. The van der Waals surface area contributed by atoms with Crippen LogP contribution in [-0.4, -0.2) is 5.91 Å². The van der Waals surface area contributed by atoms with Crippen LogP contribution in [0.4, 0.5) is 15.8 Å². The van der Waals surface area contributed by atoms with Crippen molar-refractivity contribution in [2.24, 2.45) is 0 Å². The minimum atomic E-state index is -0.276. The molecule has 0 radical (unpaired) electrons. The summed E-state index contributed by atoms with van der Waals surface area (Å²) in [6, 6.07) is 12.1. The Morgan fingerprint density at radius 2 is 1.90 bits per heavy atom. The van der Waals surface area contributed by atoms with Crippen LogP contribution in [0.25, 0.3) is 0 Å². The molecule has 0 fully saturated rings. The van der Waals surface area contributed by atoms with Crippen molar-refractivity contribution >= 4 is 33.2 Å². The topological polar surface area (TPSA) is 41.1 Å². The number of hydrogen-bond donors (Lipinski definition) is 2. The maximum Gasteiger partial charge on any atom is 0.221 e. The number of hydrogen-bond acceptors (Lipinski definition) is 2. The zero-order valence-corrected chi connectivity index (χ0v) is 12.5. The Morgan fingerprint density at radius 1 is 1.20 bits per heavy atom. The van der Waals surface area contributed by atoms with Crippen molar-refractivity contribution in [1.82, 2.24) is 0 Å². The van der Waals surface area contributed by atoms with Crippen LogP contribution < -0.4 is 10.6 Å². The fraction of sp³-hybridized carbons (Fsp3) is 0.133. The Hall–Kier alpha value is -1.88. The summed E-state index contributed by atoms with van der Waals surface area (Å²) in [5.74, 6) is -0.367. The van der Waals surface area contributed by atoms with E-state index in [1.165, 1.54) is 19.1 Å². The standard InChI is InChI=1S/C15H14BrFN2O/c1-10(20)19-13-5-2-11(3-6-13)9-18-15-7-4-12(17)8-14(15)16/h2-8,18H,9H2,1H3,(H,19,20). The first kappa shape index (κ1) is 14.5. The highest BCUT2D eigenvalue weighted by Crippen LogP contribution is 2.23. The van der Waals surface area contributed by atoms with Crippen LogP contribution >= 0.6 is 15.9 Å². The highest BCUT2D eigenvalue weighted by Gasteiger charge is 2.01. The van der Waals surface area contributed by atoms with Crippen LogP contribution in [0.5, 0.6) is 0 Å². The SMILES string of the molecule is CC(=O)Nc1ccc(CNc2ccc(F)cc2Br)cc1. The van der Waals surface area contributed by atoms with Gasteiger partial charge in [0.25, 0.3) is 0 Å². The second-order valence-electron chi connectivity index (χ2n) is 4.36. The molecule has 0 aromatic heterocycles. The van der Waals surface area contributed by atoms with E-state index >= 15 is 0 Å². The number of halogens is 2. The molecule has 0 bridgehead atoms. The van der Waals surface area contributed by atoms with Gasteiger partial charge in [-0.05, 0) is 51.8 Å². The third-order valence-corrected chi connectivity index (χ3v) is 3.34. The molecule has 0 unspecified atom stereocenters. The Bertz CT molecular complexity index is 614. The Balaban J connectivity index is 1.98. The van der Waals surface area contributed by atoms with Crippen LogP contribution in [0.3, 0.4) is 0 Å². The van der Waals surface area contributed by atoms with Gasteiger partial charge in [-0.15, -0.1) is 0 Å². The summed E-state index contributed by atoms with van der Waals surface area (Å²) >= 11 is 3.31. The number of carbonyl (C=O) groups excluding carboxylic acids is 1. The third-order valence-electron chi connectivity index (χ3n) is 2.69.